The topological polar surface area (TPSA) is 37.4 Å². The highest BCUT2D eigenvalue weighted by molar-refractivity contribution is 9.10. The third kappa shape index (κ3) is 2.23. The van der Waals surface area contributed by atoms with Gasteiger partial charge in [0.1, 0.15) is 5.82 Å². The van der Waals surface area contributed by atoms with Gasteiger partial charge in [0.05, 0.1) is 17.8 Å². The van der Waals surface area contributed by atoms with Gasteiger partial charge in [0.15, 0.2) is 0 Å². The lowest BCUT2D eigenvalue weighted by atomic mass is 10.1. The maximum atomic E-state index is 13.4. The van der Waals surface area contributed by atoms with Crippen molar-refractivity contribution >= 4 is 60.6 Å². The third-order valence-corrected chi connectivity index (χ3v) is 5.20. The Labute approximate surface area is 134 Å². The summed E-state index contributed by atoms with van der Waals surface area (Å²) in [7, 11) is 0. The molecular weight excluding hydrogens is 413 g/mol. The van der Waals surface area contributed by atoms with Gasteiger partial charge in [-0.15, -0.1) is 11.3 Å². The van der Waals surface area contributed by atoms with Gasteiger partial charge in [-0.3, -0.25) is 14.5 Å². The molecule has 1 aliphatic heterocycles. The number of carbonyl (C=O) groups is 2. The smallest absolute Gasteiger partial charge is 0.298 e. The number of halogens is 3. The van der Waals surface area contributed by atoms with Gasteiger partial charge in [0, 0.05) is 19.2 Å². The molecule has 102 valence electrons. The maximum Gasteiger partial charge on any atom is 0.299 e. The Kier molecular flexibility index (Phi) is 3.51. The van der Waals surface area contributed by atoms with Crippen LogP contribution in [0.4, 0.5) is 10.1 Å². The number of anilines is 1. The Bertz CT molecular complexity index is 744. The van der Waals surface area contributed by atoms with Gasteiger partial charge in [-0.2, -0.15) is 0 Å². The van der Waals surface area contributed by atoms with Crippen molar-refractivity contribution in [3.63, 3.8) is 0 Å². The summed E-state index contributed by atoms with van der Waals surface area (Å²) in [4.78, 5) is 26.3. The number of nitrogens with zero attached hydrogens (tertiary/aromatic N) is 1. The van der Waals surface area contributed by atoms with Crippen LogP contribution in [0.5, 0.6) is 0 Å². The normalized spacial score (nSPS) is 14.1. The standard InChI is InChI=1S/C13H6Br2FNO2S/c14-6-1-8(20-5-6)4-17-11-9(12(18)13(17)19)2-7(16)3-10(11)15/h1-3,5H,4H2. The van der Waals surface area contributed by atoms with Crippen molar-refractivity contribution in [3.05, 3.63) is 48.8 Å². The van der Waals surface area contributed by atoms with E-state index in [-0.39, 0.29) is 12.1 Å². The molecule has 2 aromatic rings. The van der Waals surface area contributed by atoms with Crippen LogP contribution in [0.2, 0.25) is 0 Å². The number of Topliss-reactive ketones (excluding diaryl/α,β-unsaturated/α-hetero) is 1. The Hall–Kier alpha value is -1.05. The van der Waals surface area contributed by atoms with Crippen LogP contribution in [0, 0.1) is 5.82 Å². The van der Waals surface area contributed by atoms with Gasteiger partial charge in [-0.1, -0.05) is 0 Å². The summed E-state index contributed by atoms with van der Waals surface area (Å²) in [6.45, 7) is 0.290. The fraction of sp³-hybridized carbons (Fsp3) is 0.0769. The molecule has 0 atom stereocenters. The zero-order valence-corrected chi connectivity index (χ0v) is 13.8. The monoisotopic (exact) mass is 417 g/mol. The minimum absolute atomic E-state index is 0.109. The number of hydrogen-bond donors (Lipinski definition) is 0. The van der Waals surface area contributed by atoms with Gasteiger partial charge >= 0.3 is 0 Å². The third-order valence-electron chi connectivity index (χ3n) is 2.92. The van der Waals surface area contributed by atoms with Crippen LogP contribution < -0.4 is 4.90 Å². The molecule has 0 unspecified atom stereocenters. The molecule has 3 nitrogen and oxygen atoms in total. The Balaban J connectivity index is 2.06. The second-order valence-corrected chi connectivity index (χ2v) is 7.00. The minimum atomic E-state index is -0.671. The second kappa shape index (κ2) is 5.05. The van der Waals surface area contributed by atoms with Crippen LogP contribution in [0.25, 0.3) is 0 Å². The van der Waals surface area contributed by atoms with Crippen molar-refractivity contribution in [1.82, 2.24) is 0 Å². The van der Waals surface area contributed by atoms with Crippen LogP contribution >= 0.6 is 43.2 Å². The van der Waals surface area contributed by atoms with E-state index in [9.17, 15) is 14.0 Å². The molecule has 0 N–H and O–H groups in total. The molecule has 0 spiro atoms. The summed E-state index contributed by atoms with van der Waals surface area (Å²) in [5.74, 6) is -1.84. The first-order chi connectivity index (χ1) is 9.47. The SMILES string of the molecule is O=C1C(=O)N(Cc2cc(Br)cs2)c2c(Br)cc(F)cc21. The Morgan fingerprint density at radius 2 is 1.95 bits per heavy atom. The van der Waals surface area contributed by atoms with Crippen LogP contribution in [-0.2, 0) is 11.3 Å². The molecule has 1 aliphatic rings. The number of thiophene rings is 1. The highest BCUT2D eigenvalue weighted by Crippen LogP contribution is 2.38. The summed E-state index contributed by atoms with van der Waals surface area (Å²) in [6.07, 6.45) is 0. The highest BCUT2D eigenvalue weighted by Gasteiger charge is 2.38. The first-order valence-electron chi connectivity index (χ1n) is 5.55. The molecule has 2 heterocycles. The fourth-order valence-electron chi connectivity index (χ4n) is 2.10. The number of ketones is 1. The van der Waals surface area contributed by atoms with Gasteiger partial charge in [-0.05, 0) is 50.1 Å². The molecule has 0 saturated carbocycles. The second-order valence-electron chi connectivity index (χ2n) is 4.24. The predicted molar refractivity (Wildman–Crippen MR) is 81.6 cm³/mol. The first kappa shape index (κ1) is 13.9. The number of fused-ring (bicyclic) bond motifs is 1. The number of benzene rings is 1. The quantitative estimate of drug-likeness (QED) is 0.687. The summed E-state index contributed by atoms with van der Waals surface area (Å²) < 4.78 is 14.7. The molecule has 0 aliphatic carbocycles. The highest BCUT2D eigenvalue weighted by atomic mass is 79.9. The summed E-state index contributed by atoms with van der Waals surface area (Å²) in [5.41, 5.74) is 0.545. The average molecular weight is 419 g/mol. The van der Waals surface area contributed by atoms with E-state index in [1.54, 1.807) is 0 Å². The summed E-state index contributed by atoms with van der Waals surface area (Å²) >= 11 is 8.05. The van der Waals surface area contributed by atoms with Crippen LogP contribution in [0.3, 0.4) is 0 Å². The van der Waals surface area contributed by atoms with Crippen molar-refractivity contribution in [3.8, 4) is 0 Å². The molecule has 1 amide bonds. The van der Waals surface area contributed by atoms with Gasteiger partial charge in [-0.25, -0.2) is 4.39 Å². The van der Waals surface area contributed by atoms with Crippen molar-refractivity contribution in [2.45, 2.75) is 6.54 Å². The van der Waals surface area contributed by atoms with E-state index in [2.05, 4.69) is 31.9 Å². The van der Waals surface area contributed by atoms with E-state index in [1.165, 1.54) is 22.3 Å². The summed E-state index contributed by atoms with van der Waals surface area (Å²) in [6, 6.07) is 4.24. The predicted octanol–water partition coefficient (Wildman–Crippen LogP) is 4.14. The molecule has 0 bridgehead atoms. The Morgan fingerprint density at radius 1 is 1.20 bits per heavy atom. The zero-order valence-electron chi connectivity index (χ0n) is 9.82. The molecule has 0 radical (unpaired) electrons. The van der Waals surface area contributed by atoms with Crippen LogP contribution in [-0.4, -0.2) is 11.7 Å². The van der Waals surface area contributed by atoms with Gasteiger partial charge in [0.2, 0.25) is 0 Å². The molecule has 3 rings (SSSR count). The maximum absolute atomic E-state index is 13.4. The molecule has 20 heavy (non-hydrogen) atoms. The number of rotatable bonds is 2. The fourth-order valence-corrected chi connectivity index (χ4v) is 4.18. The largest absolute Gasteiger partial charge is 0.299 e. The molecule has 7 heteroatoms. The number of hydrogen-bond acceptors (Lipinski definition) is 3. The van der Waals surface area contributed by atoms with E-state index in [1.807, 2.05) is 11.4 Å². The number of carbonyl (C=O) groups excluding carboxylic acids is 2. The lowest BCUT2D eigenvalue weighted by Gasteiger charge is -2.16. The zero-order chi connectivity index (χ0) is 14.4. The lowest BCUT2D eigenvalue weighted by Crippen LogP contribution is -2.28. The molecular formula is C13H6Br2FNO2S. The molecule has 1 aromatic carbocycles. The van der Waals surface area contributed by atoms with E-state index in [0.29, 0.717) is 10.2 Å². The summed E-state index contributed by atoms with van der Waals surface area (Å²) in [5, 5.41) is 1.90. The van der Waals surface area contributed by atoms with E-state index >= 15 is 0 Å². The molecule has 0 saturated heterocycles. The molecule has 0 fully saturated rings. The molecule has 1 aromatic heterocycles. The lowest BCUT2D eigenvalue weighted by molar-refractivity contribution is -0.114. The first-order valence-corrected chi connectivity index (χ1v) is 8.02. The van der Waals surface area contributed by atoms with Crippen molar-refractivity contribution in [2.75, 3.05) is 4.90 Å². The van der Waals surface area contributed by atoms with Gasteiger partial charge in [0.25, 0.3) is 11.7 Å². The number of amides is 1. The van der Waals surface area contributed by atoms with Crippen LogP contribution in [0.1, 0.15) is 15.2 Å². The minimum Gasteiger partial charge on any atom is -0.298 e. The van der Waals surface area contributed by atoms with E-state index in [0.717, 1.165) is 15.4 Å². The van der Waals surface area contributed by atoms with Crippen LogP contribution in [0.15, 0.2) is 32.5 Å². The van der Waals surface area contributed by atoms with Crippen molar-refractivity contribution in [2.24, 2.45) is 0 Å². The Morgan fingerprint density at radius 3 is 2.60 bits per heavy atom. The van der Waals surface area contributed by atoms with Gasteiger partial charge < -0.3 is 0 Å². The van der Waals surface area contributed by atoms with E-state index in [4.69, 9.17) is 0 Å². The van der Waals surface area contributed by atoms with Crippen molar-refractivity contribution < 1.29 is 14.0 Å². The average Bonchev–Trinajstić information content (AvgIpc) is 2.88. The van der Waals surface area contributed by atoms with Crippen molar-refractivity contribution in [1.29, 1.82) is 0 Å². The van der Waals surface area contributed by atoms with E-state index < -0.39 is 17.5 Å².